The molecule has 1 amide bonds. The van der Waals surface area contributed by atoms with E-state index in [1.807, 2.05) is 0 Å². The van der Waals surface area contributed by atoms with E-state index in [9.17, 15) is 14.9 Å². The first kappa shape index (κ1) is 19.3. The molecule has 132 valence electrons. The summed E-state index contributed by atoms with van der Waals surface area (Å²) in [5.74, 6) is -0.0494. The molecule has 0 saturated carbocycles. The van der Waals surface area contributed by atoms with Crippen molar-refractivity contribution in [3.8, 4) is 5.75 Å². The largest absolute Gasteiger partial charge is 0.478 e. The summed E-state index contributed by atoms with van der Waals surface area (Å²) in [4.78, 5) is 22.7. The van der Waals surface area contributed by atoms with Crippen molar-refractivity contribution in [2.75, 3.05) is 5.32 Å². The monoisotopic (exact) mass is 402 g/mol. The Morgan fingerprint density at radius 3 is 2.28 bits per heavy atom. The summed E-state index contributed by atoms with van der Waals surface area (Å²) in [7, 11) is 0. The van der Waals surface area contributed by atoms with Crippen LogP contribution in [0.5, 0.6) is 5.75 Å². The van der Waals surface area contributed by atoms with Crippen molar-refractivity contribution in [1.82, 2.24) is 0 Å². The molecule has 0 atom stereocenters. The maximum absolute atomic E-state index is 12.5. The molecule has 2 aromatic carbocycles. The molecule has 0 bridgehead atoms. The van der Waals surface area contributed by atoms with Gasteiger partial charge in [0, 0.05) is 11.1 Å². The molecular weight excluding hydrogens is 391 g/mol. The van der Waals surface area contributed by atoms with Gasteiger partial charge in [0.2, 0.25) is 0 Å². The number of nitrogens with one attached hydrogen (secondary N) is 1. The zero-order chi connectivity index (χ0) is 18.8. The average molecular weight is 404 g/mol. The minimum absolute atomic E-state index is 0.00765. The number of nitrogens with zero attached hydrogens (tertiary/aromatic N) is 1. The van der Waals surface area contributed by atoms with Crippen molar-refractivity contribution in [1.29, 1.82) is 0 Å². The summed E-state index contributed by atoms with van der Waals surface area (Å²) < 4.78 is 5.67. The highest BCUT2D eigenvalue weighted by molar-refractivity contribution is 6.37. The molecule has 9 heteroatoms. The molecular formula is C16H13Cl3N2O4. The zero-order valence-electron chi connectivity index (χ0n) is 13.2. The Morgan fingerprint density at radius 2 is 1.72 bits per heavy atom. The van der Waals surface area contributed by atoms with Crippen molar-refractivity contribution >= 4 is 52.1 Å². The minimum Gasteiger partial charge on any atom is -0.478 e. The third-order valence-electron chi connectivity index (χ3n) is 3.21. The molecule has 2 aromatic rings. The molecule has 0 aliphatic carbocycles. The fraction of sp³-hybridized carbons (Fsp3) is 0.188. The van der Waals surface area contributed by atoms with E-state index in [1.54, 1.807) is 38.1 Å². The highest BCUT2D eigenvalue weighted by atomic mass is 35.5. The quantitative estimate of drug-likeness (QED) is 0.539. The molecule has 25 heavy (non-hydrogen) atoms. The summed E-state index contributed by atoms with van der Waals surface area (Å²) in [6.45, 7) is 3.13. The number of carbonyl (C=O) groups is 1. The summed E-state index contributed by atoms with van der Waals surface area (Å²) in [5.41, 5.74) is -1.44. The van der Waals surface area contributed by atoms with Crippen LogP contribution in [0.25, 0.3) is 0 Å². The van der Waals surface area contributed by atoms with Gasteiger partial charge in [0.05, 0.1) is 15.6 Å². The molecule has 6 nitrogen and oxygen atoms in total. The van der Waals surface area contributed by atoms with E-state index >= 15 is 0 Å². The van der Waals surface area contributed by atoms with Crippen LogP contribution >= 0.6 is 34.8 Å². The molecule has 0 spiro atoms. The van der Waals surface area contributed by atoms with Crippen molar-refractivity contribution < 1.29 is 14.5 Å². The first-order valence-corrected chi connectivity index (χ1v) is 8.13. The number of carbonyl (C=O) groups excluding carboxylic acids is 1. The number of hydrogen-bond donors (Lipinski definition) is 1. The Hall–Kier alpha value is -2.02. The number of rotatable bonds is 5. The van der Waals surface area contributed by atoms with Crippen LogP contribution in [-0.4, -0.2) is 16.4 Å². The summed E-state index contributed by atoms with van der Waals surface area (Å²) in [6.07, 6.45) is 0. The van der Waals surface area contributed by atoms with Gasteiger partial charge in [-0.1, -0.05) is 34.8 Å². The van der Waals surface area contributed by atoms with Crippen molar-refractivity contribution in [2.45, 2.75) is 19.4 Å². The zero-order valence-corrected chi connectivity index (χ0v) is 15.4. The van der Waals surface area contributed by atoms with E-state index in [1.165, 1.54) is 6.07 Å². The molecule has 0 heterocycles. The first-order chi connectivity index (χ1) is 11.6. The van der Waals surface area contributed by atoms with Crippen LogP contribution in [0.3, 0.4) is 0 Å². The second kappa shape index (κ2) is 7.47. The lowest BCUT2D eigenvalue weighted by Gasteiger charge is -2.25. The highest BCUT2D eigenvalue weighted by Crippen LogP contribution is 2.34. The van der Waals surface area contributed by atoms with E-state index in [0.717, 1.165) is 6.07 Å². The highest BCUT2D eigenvalue weighted by Gasteiger charge is 2.31. The predicted molar refractivity (Wildman–Crippen MR) is 97.9 cm³/mol. The Morgan fingerprint density at radius 1 is 1.12 bits per heavy atom. The number of amides is 1. The number of halogens is 3. The summed E-state index contributed by atoms with van der Waals surface area (Å²) >= 11 is 17.6. The van der Waals surface area contributed by atoms with Crippen LogP contribution in [0.1, 0.15) is 13.8 Å². The Labute approximate surface area is 158 Å². The number of ether oxygens (including phenoxy) is 1. The van der Waals surface area contributed by atoms with Gasteiger partial charge in [0.15, 0.2) is 5.60 Å². The number of nitro groups is 1. The maximum Gasteiger partial charge on any atom is 0.289 e. The number of benzene rings is 2. The van der Waals surface area contributed by atoms with Gasteiger partial charge in [-0.15, -0.1) is 0 Å². The van der Waals surface area contributed by atoms with Gasteiger partial charge in [-0.25, -0.2) is 0 Å². The fourth-order valence-electron chi connectivity index (χ4n) is 1.89. The molecule has 2 rings (SSSR count). The van der Waals surface area contributed by atoms with Crippen molar-refractivity contribution in [2.24, 2.45) is 0 Å². The maximum atomic E-state index is 12.5. The van der Waals surface area contributed by atoms with Gasteiger partial charge < -0.3 is 10.1 Å². The van der Waals surface area contributed by atoms with E-state index in [4.69, 9.17) is 39.5 Å². The van der Waals surface area contributed by atoms with Gasteiger partial charge in [0.1, 0.15) is 10.8 Å². The molecule has 1 N–H and O–H groups in total. The van der Waals surface area contributed by atoms with E-state index in [2.05, 4.69) is 5.32 Å². The van der Waals surface area contributed by atoms with Gasteiger partial charge in [-0.3, -0.25) is 14.9 Å². The lowest BCUT2D eigenvalue weighted by molar-refractivity contribution is -0.384. The van der Waals surface area contributed by atoms with E-state index < -0.39 is 16.4 Å². The molecule has 0 aliphatic rings. The van der Waals surface area contributed by atoms with Crippen molar-refractivity contribution in [3.63, 3.8) is 0 Å². The number of hydrogen-bond acceptors (Lipinski definition) is 4. The Balaban J connectivity index is 2.19. The number of anilines is 1. The average Bonchev–Trinajstić information content (AvgIpc) is 2.52. The second-order valence-corrected chi connectivity index (χ2v) is 6.81. The lowest BCUT2D eigenvalue weighted by Crippen LogP contribution is -2.42. The number of nitro benzene ring substituents is 1. The second-order valence-electron chi connectivity index (χ2n) is 5.56. The molecule has 0 radical (unpaired) electrons. The van der Waals surface area contributed by atoms with Crippen LogP contribution in [0, 0.1) is 10.1 Å². The molecule has 0 fully saturated rings. The van der Waals surface area contributed by atoms with E-state index in [0.29, 0.717) is 10.8 Å². The van der Waals surface area contributed by atoms with Gasteiger partial charge in [-0.2, -0.15) is 0 Å². The molecule has 0 saturated heterocycles. The van der Waals surface area contributed by atoms with Crippen LogP contribution in [-0.2, 0) is 4.79 Å². The SMILES string of the molecule is CC(C)(Oc1ccc(Cl)cc1)C(=O)Nc1cc(Cl)c([N+](=O)[O-])cc1Cl. The molecule has 0 aliphatic heterocycles. The van der Waals surface area contributed by atoms with Crippen molar-refractivity contribution in [3.05, 3.63) is 61.6 Å². The molecule has 0 aromatic heterocycles. The smallest absolute Gasteiger partial charge is 0.289 e. The lowest BCUT2D eigenvalue weighted by atomic mass is 10.1. The van der Waals surface area contributed by atoms with Gasteiger partial charge in [-0.05, 0) is 44.2 Å². The Kier molecular flexibility index (Phi) is 5.77. The van der Waals surface area contributed by atoms with Crippen LogP contribution < -0.4 is 10.1 Å². The third-order valence-corrected chi connectivity index (χ3v) is 4.08. The van der Waals surface area contributed by atoms with Crippen LogP contribution in [0.4, 0.5) is 11.4 Å². The fourth-order valence-corrected chi connectivity index (χ4v) is 2.45. The summed E-state index contributed by atoms with van der Waals surface area (Å²) in [5, 5.41) is 13.8. The van der Waals surface area contributed by atoms with Gasteiger partial charge in [0.25, 0.3) is 11.6 Å². The predicted octanol–water partition coefficient (Wildman–Crippen LogP) is 5.35. The Bertz CT molecular complexity index is 823. The summed E-state index contributed by atoms with van der Waals surface area (Å²) in [6, 6.07) is 8.83. The van der Waals surface area contributed by atoms with Crippen LogP contribution in [0.15, 0.2) is 36.4 Å². The van der Waals surface area contributed by atoms with Crippen LogP contribution in [0.2, 0.25) is 15.1 Å². The van der Waals surface area contributed by atoms with E-state index in [-0.39, 0.29) is 21.4 Å². The minimum atomic E-state index is -1.24. The topological polar surface area (TPSA) is 81.5 Å². The normalized spacial score (nSPS) is 11.1. The van der Waals surface area contributed by atoms with Gasteiger partial charge >= 0.3 is 0 Å². The third kappa shape index (κ3) is 4.75. The molecule has 0 unspecified atom stereocenters. The standard InChI is InChI=1S/C16H13Cl3N2O4/c1-16(2,25-10-5-3-9(17)4-6-10)15(22)20-13-7-12(19)14(21(23)24)8-11(13)18/h3-8H,1-2H3,(H,20,22). The first-order valence-electron chi connectivity index (χ1n) is 6.99.